The highest BCUT2D eigenvalue weighted by atomic mass is 19.4. The highest BCUT2D eigenvalue weighted by Gasteiger charge is 2.32. The van der Waals surface area contributed by atoms with Crippen LogP contribution in [0.25, 0.3) is 5.69 Å². The second-order valence-electron chi connectivity index (χ2n) is 10.7. The minimum Gasteiger partial charge on any atom is -0.325 e. The van der Waals surface area contributed by atoms with E-state index in [0.29, 0.717) is 5.82 Å². The number of halogens is 3. The number of hydrogen-bond acceptors (Lipinski definition) is 3. The zero-order valence-electron chi connectivity index (χ0n) is 22.8. The molecule has 1 aromatic heterocycles. The lowest BCUT2D eigenvalue weighted by atomic mass is 9.92. The Morgan fingerprint density at radius 1 is 0.900 bits per heavy atom. The Hall–Kier alpha value is -4.40. The molecule has 0 fully saturated rings. The maximum Gasteiger partial charge on any atom is 0.416 e. The molecule has 4 rings (SSSR count). The quantitative estimate of drug-likeness (QED) is 0.277. The van der Waals surface area contributed by atoms with Gasteiger partial charge in [-0.3, -0.25) is 9.59 Å². The predicted molar refractivity (Wildman–Crippen MR) is 148 cm³/mol. The Morgan fingerprint density at radius 3 is 2.20 bits per heavy atom. The first-order chi connectivity index (χ1) is 18.8. The van der Waals surface area contributed by atoms with Crippen molar-refractivity contribution in [3.8, 4) is 5.69 Å². The molecule has 40 heavy (non-hydrogen) atoms. The number of carbonyl (C=O) groups is 2. The lowest BCUT2D eigenvalue weighted by Gasteiger charge is -2.23. The van der Waals surface area contributed by atoms with E-state index in [0.717, 1.165) is 34.6 Å². The Labute approximate surface area is 231 Å². The van der Waals surface area contributed by atoms with Crippen LogP contribution in [-0.2, 0) is 22.9 Å². The molecule has 2 amide bonds. The molecule has 3 aromatic carbocycles. The summed E-state index contributed by atoms with van der Waals surface area (Å²) in [6, 6.07) is 22.6. The minimum atomic E-state index is -4.60. The number of carbonyl (C=O) groups excluding carboxylic acids is 2. The standard InChI is InChI=1S/C31H31F3N4O2/c1-21-13-15-25(16-14-21)38-27(18-26(36-38)30(2,3)4)35-28(39)20-37(19-22-9-6-5-7-10-22)29(40)23-11-8-12-24(17-23)31(32,33)34/h5-18H,19-20H2,1-4H3,(H,35,39). The molecule has 4 aromatic rings. The van der Waals surface area contributed by atoms with Crippen LogP contribution in [0.15, 0.2) is 84.9 Å². The van der Waals surface area contributed by atoms with Gasteiger partial charge in [0.05, 0.1) is 16.9 Å². The summed E-state index contributed by atoms with van der Waals surface area (Å²) in [6.45, 7) is 7.65. The molecule has 1 heterocycles. The maximum atomic E-state index is 13.4. The number of amides is 2. The molecule has 6 nitrogen and oxygen atoms in total. The van der Waals surface area contributed by atoms with Gasteiger partial charge < -0.3 is 10.2 Å². The number of nitrogens with one attached hydrogen (secondary N) is 1. The third-order valence-electron chi connectivity index (χ3n) is 6.30. The van der Waals surface area contributed by atoms with Crippen molar-refractivity contribution in [2.45, 2.75) is 45.8 Å². The Bertz CT molecular complexity index is 1490. The van der Waals surface area contributed by atoms with Gasteiger partial charge in [0.1, 0.15) is 12.4 Å². The first-order valence-electron chi connectivity index (χ1n) is 12.8. The predicted octanol–water partition coefficient (Wildman–Crippen LogP) is 6.78. The van der Waals surface area contributed by atoms with Crippen LogP contribution in [0.2, 0.25) is 0 Å². The molecule has 9 heteroatoms. The lowest BCUT2D eigenvalue weighted by molar-refractivity contribution is -0.137. The monoisotopic (exact) mass is 548 g/mol. The second kappa shape index (κ2) is 11.4. The molecule has 0 radical (unpaired) electrons. The lowest BCUT2D eigenvalue weighted by Crippen LogP contribution is -2.38. The zero-order valence-corrected chi connectivity index (χ0v) is 22.8. The van der Waals surface area contributed by atoms with Gasteiger partial charge in [0.2, 0.25) is 5.91 Å². The van der Waals surface area contributed by atoms with E-state index in [1.807, 2.05) is 58.0 Å². The molecule has 1 N–H and O–H groups in total. The van der Waals surface area contributed by atoms with E-state index in [9.17, 15) is 22.8 Å². The Morgan fingerprint density at radius 2 is 1.57 bits per heavy atom. The first-order valence-corrected chi connectivity index (χ1v) is 12.8. The summed E-state index contributed by atoms with van der Waals surface area (Å²) in [4.78, 5) is 28.0. The van der Waals surface area contributed by atoms with Crippen LogP contribution in [-0.4, -0.2) is 33.0 Å². The third-order valence-corrected chi connectivity index (χ3v) is 6.30. The average molecular weight is 549 g/mol. The number of benzene rings is 3. The molecule has 0 atom stereocenters. The SMILES string of the molecule is Cc1ccc(-n2nc(C(C)(C)C)cc2NC(=O)CN(Cc2ccccc2)C(=O)c2cccc(C(F)(F)F)c2)cc1. The van der Waals surface area contributed by atoms with E-state index in [4.69, 9.17) is 5.10 Å². The van der Waals surface area contributed by atoms with Crippen molar-refractivity contribution >= 4 is 17.6 Å². The van der Waals surface area contributed by atoms with Crippen LogP contribution in [0, 0.1) is 6.92 Å². The van der Waals surface area contributed by atoms with E-state index in [1.165, 1.54) is 17.0 Å². The van der Waals surface area contributed by atoms with E-state index < -0.39 is 23.6 Å². The normalized spacial score (nSPS) is 11.8. The summed E-state index contributed by atoms with van der Waals surface area (Å²) in [5.41, 5.74) is 1.92. The van der Waals surface area contributed by atoms with Crippen LogP contribution in [0.4, 0.5) is 19.0 Å². The van der Waals surface area contributed by atoms with E-state index >= 15 is 0 Å². The molecule has 0 unspecified atom stereocenters. The summed E-state index contributed by atoms with van der Waals surface area (Å²) >= 11 is 0. The topological polar surface area (TPSA) is 67.2 Å². The fourth-order valence-corrected chi connectivity index (χ4v) is 4.09. The number of rotatable bonds is 7. The fraction of sp³-hybridized carbons (Fsp3) is 0.258. The van der Waals surface area contributed by atoms with Gasteiger partial charge in [0.25, 0.3) is 5.91 Å². The average Bonchev–Trinajstić information content (AvgIpc) is 3.33. The maximum absolute atomic E-state index is 13.4. The number of aromatic nitrogens is 2. The molecule has 0 saturated carbocycles. The van der Waals surface area contributed by atoms with E-state index in [2.05, 4.69) is 5.32 Å². The smallest absolute Gasteiger partial charge is 0.325 e. The van der Waals surface area contributed by atoms with Crippen molar-refractivity contribution in [1.29, 1.82) is 0 Å². The van der Waals surface area contributed by atoms with Gasteiger partial charge in [0, 0.05) is 23.6 Å². The van der Waals surface area contributed by atoms with Crippen LogP contribution in [0.5, 0.6) is 0 Å². The summed E-state index contributed by atoms with van der Waals surface area (Å²) in [5, 5.41) is 7.57. The highest BCUT2D eigenvalue weighted by Crippen LogP contribution is 2.30. The molecule has 0 aliphatic carbocycles. The van der Waals surface area contributed by atoms with E-state index in [1.54, 1.807) is 35.0 Å². The number of hydrogen-bond donors (Lipinski definition) is 1. The summed E-state index contributed by atoms with van der Waals surface area (Å²) in [6.07, 6.45) is -4.60. The van der Waals surface area contributed by atoms with Gasteiger partial charge in [-0.25, -0.2) is 4.68 Å². The molecule has 0 aliphatic heterocycles. The summed E-state index contributed by atoms with van der Waals surface area (Å²) in [5.74, 6) is -0.775. The van der Waals surface area contributed by atoms with Crippen LogP contribution < -0.4 is 5.32 Å². The Balaban J connectivity index is 1.64. The number of nitrogens with zero attached hydrogens (tertiary/aromatic N) is 3. The molecule has 0 spiro atoms. The Kier molecular flexibility index (Phi) is 8.13. The van der Waals surface area contributed by atoms with Crippen molar-refractivity contribution in [2.75, 3.05) is 11.9 Å². The largest absolute Gasteiger partial charge is 0.416 e. The highest BCUT2D eigenvalue weighted by molar-refractivity contribution is 5.99. The van der Waals surface area contributed by atoms with Gasteiger partial charge in [-0.2, -0.15) is 18.3 Å². The molecular formula is C31H31F3N4O2. The van der Waals surface area contributed by atoms with Crippen LogP contribution in [0.3, 0.4) is 0 Å². The molecule has 0 aliphatic rings. The molecular weight excluding hydrogens is 517 g/mol. The summed E-state index contributed by atoms with van der Waals surface area (Å²) < 4.78 is 41.6. The number of anilines is 1. The van der Waals surface area contributed by atoms with Crippen LogP contribution in [0.1, 0.15) is 53.5 Å². The van der Waals surface area contributed by atoms with Crippen molar-refractivity contribution in [3.63, 3.8) is 0 Å². The van der Waals surface area contributed by atoms with Crippen molar-refractivity contribution in [3.05, 3.63) is 113 Å². The van der Waals surface area contributed by atoms with Crippen LogP contribution >= 0.6 is 0 Å². The van der Waals surface area contributed by atoms with Crippen molar-refractivity contribution in [1.82, 2.24) is 14.7 Å². The van der Waals surface area contributed by atoms with Gasteiger partial charge in [0.15, 0.2) is 0 Å². The third kappa shape index (κ3) is 6.97. The molecule has 0 saturated heterocycles. The van der Waals surface area contributed by atoms with Gasteiger partial charge in [-0.1, -0.05) is 74.9 Å². The van der Waals surface area contributed by atoms with Gasteiger partial charge >= 0.3 is 6.18 Å². The zero-order chi connectivity index (χ0) is 29.1. The number of aryl methyl sites for hydroxylation is 1. The summed E-state index contributed by atoms with van der Waals surface area (Å²) in [7, 11) is 0. The fourth-order valence-electron chi connectivity index (χ4n) is 4.09. The number of alkyl halides is 3. The second-order valence-corrected chi connectivity index (χ2v) is 10.7. The molecule has 0 bridgehead atoms. The van der Waals surface area contributed by atoms with Crippen molar-refractivity contribution < 1.29 is 22.8 Å². The first kappa shape index (κ1) is 28.6. The van der Waals surface area contributed by atoms with Gasteiger partial charge in [-0.15, -0.1) is 0 Å². The molecule has 208 valence electrons. The van der Waals surface area contributed by atoms with Crippen molar-refractivity contribution in [2.24, 2.45) is 0 Å². The minimum absolute atomic E-state index is 0.0355. The van der Waals surface area contributed by atoms with E-state index in [-0.39, 0.29) is 24.1 Å². The van der Waals surface area contributed by atoms with Gasteiger partial charge in [-0.05, 0) is 42.8 Å².